The molecular weight excluding hydrogens is 910 g/mol. The fourth-order valence-corrected chi connectivity index (χ4v) is 10.0. The molecule has 0 unspecified atom stereocenters. The number of nitrogens with zero attached hydrogens (tertiary/aromatic N) is 4. The van der Waals surface area contributed by atoms with E-state index in [0.717, 1.165) is 22.3 Å². The Morgan fingerprint density at radius 2 is 0.921 bits per heavy atom. The summed E-state index contributed by atoms with van der Waals surface area (Å²) in [5.41, 5.74) is 5.96. The summed E-state index contributed by atoms with van der Waals surface area (Å²) >= 11 is 29.9. The molecule has 0 aromatic heterocycles. The number of carbonyl (C=O) groups excluding carboxylic acids is 4. The van der Waals surface area contributed by atoms with Gasteiger partial charge in [0, 0.05) is 123 Å². The zero-order valence-electron chi connectivity index (χ0n) is 34.4. The Hall–Kier alpha value is -4.73. The highest BCUT2D eigenvalue weighted by Crippen LogP contribution is 2.49. The molecule has 12 nitrogen and oxygen atoms in total. The summed E-state index contributed by atoms with van der Waals surface area (Å²) in [6.45, 7) is 7.31. The van der Waals surface area contributed by atoms with E-state index < -0.39 is 0 Å². The standard InChI is InChI=1S/C46H42Cl4N4O8S/c1-27(55)51-13-17-53(18-14-51)41(57)9-5-33-35(29-3-7-37-31(23-29)11-21-59-61-37)25-39(45(49)43(33)47)63-40-26-36(30-4-8-38-32(24-30)12-22-60-62-38)34(44(48)46(40)50)6-10-42(58)54-19-15-52(16-20-54)28(2)56/h3-10,23-26H,11-22H2,1-2H3/b9-5+,10-6+. The molecule has 2 saturated heterocycles. The lowest BCUT2D eigenvalue weighted by atomic mass is 9.96. The van der Waals surface area contributed by atoms with Crippen molar-refractivity contribution in [2.24, 2.45) is 0 Å². The maximum Gasteiger partial charge on any atom is 0.246 e. The summed E-state index contributed by atoms with van der Waals surface area (Å²) in [4.78, 5) is 79.9. The number of rotatable bonds is 8. The highest BCUT2D eigenvalue weighted by molar-refractivity contribution is 7.99. The topological polar surface area (TPSA) is 118 Å². The molecule has 4 aliphatic rings. The van der Waals surface area contributed by atoms with Gasteiger partial charge < -0.3 is 29.4 Å². The van der Waals surface area contributed by atoms with E-state index in [9.17, 15) is 19.2 Å². The van der Waals surface area contributed by atoms with Gasteiger partial charge in [0.05, 0.1) is 33.3 Å². The first-order valence-corrected chi connectivity index (χ1v) is 22.7. The van der Waals surface area contributed by atoms with Crippen molar-refractivity contribution in [3.8, 4) is 33.8 Å². The van der Waals surface area contributed by atoms with Crippen LogP contribution in [0.2, 0.25) is 20.1 Å². The first-order chi connectivity index (χ1) is 30.4. The number of piperazine rings is 2. The second-order valence-electron chi connectivity index (χ2n) is 15.3. The zero-order valence-corrected chi connectivity index (χ0v) is 38.2. The molecule has 4 aromatic rings. The van der Waals surface area contributed by atoms with Crippen LogP contribution in [0.3, 0.4) is 0 Å². The van der Waals surface area contributed by atoms with E-state index in [1.165, 1.54) is 37.8 Å². The van der Waals surface area contributed by atoms with Crippen LogP contribution in [0.25, 0.3) is 34.4 Å². The predicted octanol–water partition coefficient (Wildman–Crippen LogP) is 8.93. The lowest BCUT2D eigenvalue weighted by Crippen LogP contribution is -2.49. The maximum atomic E-state index is 13.5. The van der Waals surface area contributed by atoms with Gasteiger partial charge in [-0.3, -0.25) is 19.2 Å². The lowest BCUT2D eigenvalue weighted by molar-refractivity contribution is -0.215. The zero-order chi connectivity index (χ0) is 44.4. The Kier molecular flexibility index (Phi) is 13.9. The van der Waals surface area contributed by atoms with E-state index in [-0.39, 0.29) is 43.7 Å². The molecule has 0 saturated carbocycles. The molecule has 8 rings (SSSR count). The monoisotopic (exact) mass is 950 g/mol. The molecule has 0 N–H and O–H groups in total. The lowest BCUT2D eigenvalue weighted by Gasteiger charge is -2.33. The largest absolute Gasteiger partial charge is 0.339 e. The SMILES string of the molecule is CC(=O)N1CCN(C(=O)/C=C/c2c(-c3ccc4c(c3)CCOO4)cc(Sc3cc(-c4ccc5c(c4)CCOO5)c(/C=C/C(=O)N4CCN(C(C)=O)CC4)c(Cl)c3Cl)c(Cl)c2Cl)CC1. The molecule has 4 heterocycles. The van der Waals surface area contributed by atoms with Gasteiger partial charge in [0.2, 0.25) is 23.6 Å². The molecule has 4 aliphatic heterocycles. The smallest absolute Gasteiger partial charge is 0.246 e. The van der Waals surface area contributed by atoms with Crippen LogP contribution < -0.4 is 9.78 Å². The van der Waals surface area contributed by atoms with E-state index in [4.69, 9.17) is 66.0 Å². The van der Waals surface area contributed by atoms with Gasteiger partial charge in [0.15, 0.2) is 11.5 Å². The Morgan fingerprint density at radius 1 is 0.540 bits per heavy atom. The summed E-state index contributed by atoms with van der Waals surface area (Å²) in [6, 6.07) is 15.3. The van der Waals surface area contributed by atoms with Crippen LogP contribution in [-0.4, -0.2) is 109 Å². The van der Waals surface area contributed by atoms with Crippen LogP contribution in [0.5, 0.6) is 11.5 Å². The minimum Gasteiger partial charge on any atom is -0.339 e. The Bertz CT molecular complexity index is 2380. The first kappa shape index (κ1) is 44.9. The van der Waals surface area contributed by atoms with Crippen LogP contribution in [0.1, 0.15) is 36.1 Å². The summed E-state index contributed by atoms with van der Waals surface area (Å²) in [5.74, 6) is 0.742. The van der Waals surface area contributed by atoms with Crippen LogP contribution in [0.4, 0.5) is 0 Å². The number of hydrogen-bond acceptors (Lipinski definition) is 9. The van der Waals surface area contributed by atoms with Crippen molar-refractivity contribution in [2.75, 3.05) is 65.6 Å². The van der Waals surface area contributed by atoms with Crippen LogP contribution in [-0.2, 0) is 41.8 Å². The van der Waals surface area contributed by atoms with Gasteiger partial charge >= 0.3 is 0 Å². The summed E-state index contributed by atoms with van der Waals surface area (Å²) in [5, 5.41) is 0.921. The van der Waals surface area contributed by atoms with Crippen molar-refractivity contribution in [3.63, 3.8) is 0 Å². The molecule has 17 heteroatoms. The van der Waals surface area contributed by atoms with Crippen molar-refractivity contribution in [2.45, 2.75) is 36.5 Å². The fraction of sp³-hybridized carbons (Fsp3) is 0.304. The summed E-state index contributed by atoms with van der Waals surface area (Å²) in [7, 11) is 0. The molecule has 4 amide bonds. The molecule has 2 fully saturated rings. The molecule has 0 aliphatic carbocycles. The van der Waals surface area contributed by atoms with Gasteiger partial charge in [-0.2, -0.15) is 9.78 Å². The number of benzene rings is 4. The van der Waals surface area contributed by atoms with Gasteiger partial charge in [0.25, 0.3) is 0 Å². The maximum absolute atomic E-state index is 13.5. The van der Waals surface area contributed by atoms with Crippen LogP contribution in [0.15, 0.2) is 70.5 Å². The number of hydrogen-bond donors (Lipinski definition) is 0. The van der Waals surface area contributed by atoms with E-state index in [1.54, 1.807) is 31.8 Å². The third kappa shape index (κ3) is 9.85. The van der Waals surface area contributed by atoms with Crippen molar-refractivity contribution in [1.82, 2.24) is 19.6 Å². The molecule has 0 atom stereocenters. The first-order valence-electron chi connectivity index (χ1n) is 20.4. The summed E-state index contributed by atoms with van der Waals surface area (Å²) in [6.07, 6.45) is 7.57. The van der Waals surface area contributed by atoms with Gasteiger partial charge in [0.1, 0.15) is 0 Å². The molecular formula is C46H42Cl4N4O8S. The molecule has 0 spiro atoms. The quantitative estimate of drug-likeness (QED) is 0.126. The number of halogens is 4. The van der Waals surface area contributed by atoms with Gasteiger partial charge in [-0.15, -0.1) is 0 Å². The van der Waals surface area contributed by atoms with Gasteiger partial charge in [-0.05, 0) is 70.8 Å². The number of carbonyl (C=O) groups is 4. The van der Waals surface area contributed by atoms with Crippen molar-refractivity contribution < 1.29 is 38.7 Å². The summed E-state index contributed by atoms with van der Waals surface area (Å²) < 4.78 is 0. The fourth-order valence-electron chi connectivity index (χ4n) is 7.87. The predicted molar refractivity (Wildman–Crippen MR) is 244 cm³/mol. The molecule has 0 bridgehead atoms. The van der Waals surface area contributed by atoms with Crippen LogP contribution >= 0.6 is 58.2 Å². The Morgan fingerprint density at radius 3 is 1.30 bits per heavy atom. The average Bonchev–Trinajstić information content (AvgIpc) is 3.30. The molecule has 4 aromatic carbocycles. The minimum atomic E-state index is -0.215. The van der Waals surface area contributed by atoms with Crippen LogP contribution in [0, 0.1) is 0 Å². The third-order valence-electron chi connectivity index (χ3n) is 11.5. The van der Waals surface area contributed by atoms with Gasteiger partial charge in [-0.1, -0.05) is 70.3 Å². The number of amides is 4. The average molecular weight is 953 g/mol. The van der Waals surface area contributed by atoms with E-state index in [1.807, 2.05) is 48.5 Å². The van der Waals surface area contributed by atoms with E-state index in [0.29, 0.717) is 122 Å². The van der Waals surface area contributed by atoms with E-state index >= 15 is 0 Å². The number of fused-ring (bicyclic) bond motifs is 2. The van der Waals surface area contributed by atoms with Gasteiger partial charge in [-0.25, -0.2) is 0 Å². The Labute approximate surface area is 389 Å². The molecule has 63 heavy (non-hydrogen) atoms. The van der Waals surface area contributed by atoms with Crippen molar-refractivity contribution in [1.29, 1.82) is 0 Å². The second-order valence-corrected chi connectivity index (χ2v) is 17.9. The highest BCUT2D eigenvalue weighted by Gasteiger charge is 2.26. The highest BCUT2D eigenvalue weighted by atomic mass is 35.5. The van der Waals surface area contributed by atoms with E-state index in [2.05, 4.69) is 0 Å². The minimum absolute atomic E-state index is 0.0230. The molecule has 0 radical (unpaired) electrons. The van der Waals surface area contributed by atoms with Crippen molar-refractivity contribution in [3.05, 3.63) is 103 Å². The Balaban J connectivity index is 1.17. The second kappa shape index (κ2) is 19.6. The normalized spacial score (nSPS) is 16.5. The van der Waals surface area contributed by atoms with Crippen molar-refractivity contribution >= 4 is 93.9 Å². The molecule has 328 valence electrons. The third-order valence-corrected chi connectivity index (χ3v) is 14.5.